The van der Waals surface area contributed by atoms with E-state index in [1.54, 1.807) is 12.1 Å². The van der Waals surface area contributed by atoms with Crippen molar-refractivity contribution in [2.75, 3.05) is 5.32 Å². The molecular weight excluding hydrogens is 308 g/mol. The smallest absolute Gasteiger partial charge is 0.293 e. The van der Waals surface area contributed by atoms with Crippen molar-refractivity contribution in [3.63, 3.8) is 0 Å². The standard InChI is InChI=1S/C17H20N4O3/c18-11-17(8-2-1-3-9-17)20-16(22)12-4-7-14(19-13-5-6-13)15(10-12)21(23)24/h4,7,10,13,19H,1-3,5-6,8-9H2,(H,20,22). The lowest BCUT2D eigenvalue weighted by Gasteiger charge is -2.31. The number of anilines is 1. The number of carbonyl (C=O) groups excluding carboxylic acids is 1. The van der Waals surface area contributed by atoms with Crippen LogP contribution in [0.5, 0.6) is 0 Å². The van der Waals surface area contributed by atoms with Crippen LogP contribution in [0.15, 0.2) is 18.2 Å². The summed E-state index contributed by atoms with van der Waals surface area (Å²) in [6.07, 6.45) is 6.12. The molecule has 0 aliphatic heterocycles. The maximum absolute atomic E-state index is 12.5. The molecule has 1 aromatic rings. The van der Waals surface area contributed by atoms with Gasteiger partial charge in [-0.15, -0.1) is 0 Å². The molecule has 2 fully saturated rings. The van der Waals surface area contributed by atoms with Crippen molar-refractivity contribution in [3.05, 3.63) is 33.9 Å². The molecule has 7 nitrogen and oxygen atoms in total. The number of amides is 1. The van der Waals surface area contributed by atoms with Crippen LogP contribution in [0, 0.1) is 21.4 Å². The molecule has 0 unspecified atom stereocenters. The minimum atomic E-state index is -0.852. The molecular formula is C17H20N4O3. The van der Waals surface area contributed by atoms with E-state index in [-0.39, 0.29) is 17.3 Å². The van der Waals surface area contributed by atoms with Gasteiger partial charge in [-0.05, 0) is 37.8 Å². The Morgan fingerprint density at radius 1 is 1.29 bits per heavy atom. The van der Waals surface area contributed by atoms with E-state index in [1.165, 1.54) is 6.07 Å². The van der Waals surface area contributed by atoms with Gasteiger partial charge < -0.3 is 10.6 Å². The lowest BCUT2D eigenvalue weighted by molar-refractivity contribution is -0.384. The predicted octanol–water partition coefficient (Wildman–Crippen LogP) is 3.13. The zero-order valence-corrected chi connectivity index (χ0v) is 13.4. The molecule has 0 radical (unpaired) electrons. The van der Waals surface area contributed by atoms with Gasteiger partial charge in [-0.3, -0.25) is 14.9 Å². The highest BCUT2D eigenvalue weighted by molar-refractivity contribution is 5.96. The summed E-state index contributed by atoms with van der Waals surface area (Å²) in [4.78, 5) is 23.3. The predicted molar refractivity (Wildman–Crippen MR) is 88.6 cm³/mol. The molecule has 2 aliphatic carbocycles. The number of nitrogens with zero attached hydrogens (tertiary/aromatic N) is 2. The molecule has 0 bridgehead atoms. The zero-order valence-electron chi connectivity index (χ0n) is 13.4. The number of carbonyl (C=O) groups is 1. The summed E-state index contributed by atoms with van der Waals surface area (Å²) in [6, 6.07) is 6.94. The highest BCUT2D eigenvalue weighted by Gasteiger charge is 2.34. The summed E-state index contributed by atoms with van der Waals surface area (Å²) < 4.78 is 0. The van der Waals surface area contributed by atoms with Gasteiger partial charge in [0.25, 0.3) is 11.6 Å². The maximum atomic E-state index is 12.5. The normalized spacial score (nSPS) is 19.1. The topological polar surface area (TPSA) is 108 Å². The van der Waals surface area contributed by atoms with E-state index in [1.807, 2.05) is 0 Å². The van der Waals surface area contributed by atoms with Crippen LogP contribution in [0.2, 0.25) is 0 Å². The monoisotopic (exact) mass is 328 g/mol. The summed E-state index contributed by atoms with van der Waals surface area (Å²) in [5.74, 6) is -0.431. The van der Waals surface area contributed by atoms with E-state index in [4.69, 9.17) is 0 Å². The van der Waals surface area contributed by atoms with Gasteiger partial charge in [-0.25, -0.2) is 0 Å². The first-order valence-electron chi connectivity index (χ1n) is 8.32. The quantitative estimate of drug-likeness (QED) is 0.637. The molecule has 0 aromatic heterocycles. The SMILES string of the molecule is N#CC1(NC(=O)c2ccc(NC3CC3)c([N+](=O)[O-])c2)CCCCC1. The number of hydrogen-bond donors (Lipinski definition) is 2. The Bertz CT molecular complexity index is 700. The molecule has 0 atom stereocenters. The maximum Gasteiger partial charge on any atom is 0.293 e. The third-order valence-electron chi connectivity index (χ3n) is 4.67. The van der Waals surface area contributed by atoms with Crippen molar-refractivity contribution in [3.8, 4) is 6.07 Å². The number of benzene rings is 1. The summed E-state index contributed by atoms with van der Waals surface area (Å²) in [5.41, 5.74) is -0.311. The Hall–Kier alpha value is -2.62. The fourth-order valence-corrected chi connectivity index (χ4v) is 3.10. The van der Waals surface area contributed by atoms with Crippen LogP contribution in [0.1, 0.15) is 55.3 Å². The van der Waals surface area contributed by atoms with Gasteiger partial charge in [0.2, 0.25) is 0 Å². The molecule has 0 spiro atoms. The van der Waals surface area contributed by atoms with Crippen molar-refractivity contribution >= 4 is 17.3 Å². The van der Waals surface area contributed by atoms with Crippen LogP contribution in [-0.4, -0.2) is 22.4 Å². The summed E-state index contributed by atoms with van der Waals surface area (Å²) in [6.45, 7) is 0. The highest BCUT2D eigenvalue weighted by Crippen LogP contribution is 2.32. The Kier molecular flexibility index (Phi) is 4.38. The molecule has 24 heavy (non-hydrogen) atoms. The molecule has 0 saturated heterocycles. The zero-order chi connectivity index (χ0) is 17.2. The van der Waals surface area contributed by atoms with Crippen LogP contribution in [0.3, 0.4) is 0 Å². The summed E-state index contributed by atoms with van der Waals surface area (Å²) in [5, 5.41) is 26.6. The number of rotatable bonds is 5. The largest absolute Gasteiger partial charge is 0.377 e. The van der Waals surface area contributed by atoms with Crippen molar-refractivity contribution in [2.45, 2.75) is 56.5 Å². The van der Waals surface area contributed by atoms with Crippen LogP contribution in [0.25, 0.3) is 0 Å². The molecule has 2 saturated carbocycles. The number of nitro groups is 1. The minimum Gasteiger partial charge on any atom is -0.377 e. The van der Waals surface area contributed by atoms with Crippen molar-refractivity contribution in [1.82, 2.24) is 5.32 Å². The van der Waals surface area contributed by atoms with Gasteiger partial charge in [0.1, 0.15) is 11.2 Å². The van der Waals surface area contributed by atoms with Crippen LogP contribution in [-0.2, 0) is 0 Å². The van der Waals surface area contributed by atoms with Gasteiger partial charge in [0.15, 0.2) is 0 Å². The van der Waals surface area contributed by atoms with Crippen molar-refractivity contribution in [1.29, 1.82) is 5.26 Å². The Morgan fingerprint density at radius 2 is 2.00 bits per heavy atom. The average Bonchev–Trinajstić information content (AvgIpc) is 3.39. The second-order valence-corrected chi connectivity index (χ2v) is 6.62. The molecule has 1 amide bonds. The molecule has 126 valence electrons. The summed E-state index contributed by atoms with van der Waals surface area (Å²) in [7, 11) is 0. The third kappa shape index (κ3) is 3.48. The van der Waals surface area contributed by atoms with E-state index in [9.17, 15) is 20.2 Å². The summed E-state index contributed by atoms with van der Waals surface area (Å²) >= 11 is 0. The Balaban J connectivity index is 1.80. The first-order valence-corrected chi connectivity index (χ1v) is 8.32. The highest BCUT2D eigenvalue weighted by atomic mass is 16.6. The fraction of sp³-hybridized carbons (Fsp3) is 0.529. The first-order chi connectivity index (χ1) is 11.5. The Labute approximate surface area is 140 Å². The minimum absolute atomic E-state index is 0.107. The molecule has 2 aliphatic rings. The first kappa shape index (κ1) is 16.2. The fourth-order valence-electron chi connectivity index (χ4n) is 3.10. The Morgan fingerprint density at radius 3 is 2.58 bits per heavy atom. The molecule has 7 heteroatoms. The van der Waals surface area contributed by atoms with Crippen LogP contribution < -0.4 is 10.6 Å². The van der Waals surface area contributed by atoms with Gasteiger partial charge in [0.05, 0.1) is 11.0 Å². The second kappa shape index (κ2) is 6.48. The van der Waals surface area contributed by atoms with Gasteiger partial charge in [-0.2, -0.15) is 5.26 Å². The van der Waals surface area contributed by atoms with E-state index in [0.29, 0.717) is 18.5 Å². The van der Waals surface area contributed by atoms with E-state index in [2.05, 4.69) is 16.7 Å². The lowest BCUT2D eigenvalue weighted by atomic mass is 9.82. The van der Waals surface area contributed by atoms with E-state index < -0.39 is 16.4 Å². The molecule has 2 N–H and O–H groups in total. The lowest BCUT2D eigenvalue weighted by Crippen LogP contribution is -2.48. The molecule has 3 rings (SSSR count). The number of nitriles is 1. The van der Waals surface area contributed by atoms with E-state index in [0.717, 1.165) is 32.1 Å². The second-order valence-electron chi connectivity index (χ2n) is 6.62. The van der Waals surface area contributed by atoms with Gasteiger partial charge in [-0.1, -0.05) is 19.3 Å². The van der Waals surface area contributed by atoms with Crippen molar-refractivity contribution < 1.29 is 9.72 Å². The average molecular weight is 328 g/mol. The van der Waals surface area contributed by atoms with Crippen LogP contribution >= 0.6 is 0 Å². The number of hydrogen-bond acceptors (Lipinski definition) is 5. The number of nitrogens with one attached hydrogen (secondary N) is 2. The van der Waals surface area contributed by atoms with Crippen LogP contribution in [0.4, 0.5) is 11.4 Å². The molecule has 0 heterocycles. The van der Waals surface area contributed by atoms with Gasteiger partial charge in [0, 0.05) is 17.7 Å². The van der Waals surface area contributed by atoms with Crippen molar-refractivity contribution in [2.24, 2.45) is 0 Å². The number of nitro benzene ring substituents is 1. The third-order valence-corrected chi connectivity index (χ3v) is 4.67. The van der Waals surface area contributed by atoms with Gasteiger partial charge >= 0.3 is 0 Å². The van der Waals surface area contributed by atoms with E-state index >= 15 is 0 Å². The molecule has 1 aromatic carbocycles.